The zero-order valence-electron chi connectivity index (χ0n) is 9.37. The number of hydrogen-bond donors (Lipinski definition) is 0. The fourth-order valence-corrected chi connectivity index (χ4v) is 2.23. The highest BCUT2D eigenvalue weighted by Gasteiger charge is 2.22. The molecule has 0 aromatic carbocycles. The van der Waals surface area contributed by atoms with Crippen molar-refractivity contribution in [3.63, 3.8) is 0 Å². The van der Waals surface area contributed by atoms with Crippen LogP contribution in [0.25, 0.3) is 0 Å². The van der Waals surface area contributed by atoms with Crippen LogP contribution in [-0.2, 0) is 0 Å². The van der Waals surface area contributed by atoms with Crippen LogP contribution in [0.4, 0.5) is 0 Å². The summed E-state index contributed by atoms with van der Waals surface area (Å²) >= 11 is 0. The topological polar surface area (TPSA) is 23.8 Å². The van der Waals surface area contributed by atoms with E-state index >= 15 is 0 Å². The van der Waals surface area contributed by atoms with Crippen LogP contribution in [0.5, 0.6) is 0 Å². The minimum atomic E-state index is 0.317. The first-order valence-electron chi connectivity index (χ1n) is 5.84. The Morgan fingerprint density at radius 1 is 1.29 bits per heavy atom. The van der Waals surface area contributed by atoms with Crippen LogP contribution in [-0.4, -0.2) is 0 Å². The van der Waals surface area contributed by atoms with Crippen molar-refractivity contribution in [3.8, 4) is 6.07 Å². The van der Waals surface area contributed by atoms with Gasteiger partial charge in [-0.25, -0.2) is 0 Å². The maximum atomic E-state index is 8.90. The molecule has 0 bridgehead atoms. The second-order valence-electron chi connectivity index (χ2n) is 4.46. The predicted octanol–water partition coefficient (Wildman–Crippen LogP) is 3.92. The van der Waals surface area contributed by atoms with E-state index in [1.807, 2.05) is 0 Å². The van der Waals surface area contributed by atoms with E-state index in [1.54, 1.807) is 0 Å². The number of nitrogens with zero attached hydrogens (tertiary/aromatic N) is 1. The maximum absolute atomic E-state index is 8.90. The molecule has 1 aliphatic rings. The van der Waals surface area contributed by atoms with E-state index in [1.165, 1.54) is 12.8 Å². The Bertz CT molecular complexity index is 224. The van der Waals surface area contributed by atoms with Crippen molar-refractivity contribution in [2.75, 3.05) is 0 Å². The van der Waals surface area contributed by atoms with Gasteiger partial charge in [-0.2, -0.15) is 5.26 Å². The third kappa shape index (κ3) is 3.18. The Morgan fingerprint density at radius 2 is 2.00 bits per heavy atom. The highest BCUT2D eigenvalue weighted by molar-refractivity contribution is 4.94. The summed E-state index contributed by atoms with van der Waals surface area (Å²) in [6, 6.07) is 2.42. The molecule has 0 radical (unpaired) electrons. The van der Waals surface area contributed by atoms with E-state index in [-0.39, 0.29) is 0 Å². The number of hydrogen-bond acceptors (Lipinski definition) is 1. The zero-order chi connectivity index (χ0) is 10.4. The molecule has 0 heterocycles. The minimum Gasteiger partial charge on any atom is -0.198 e. The van der Waals surface area contributed by atoms with Gasteiger partial charge in [-0.15, -0.1) is 0 Å². The first-order valence-corrected chi connectivity index (χ1v) is 5.84. The molecule has 1 heteroatoms. The molecule has 1 rings (SSSR count). The van der Waals surface area contributed by atoms with Gasteiger partial charge in [0.25, 0.3) is 0 Å². The summed E-state index contributed by atoms with van der Waals surface area (Å²) in [5.74, 6) is 1.79. The van der Waals surface area contributed by atoms with E-state index < -0.39 is 0 Å². The SMILES string of the molecule is CC/C=C\C1CCC(C#N)CC[C@H]1C. The van der Waals surface area contributed by atoms with Crippen LogP contribution in [0.1, 0.15) is 46.0 Å². The lowest BCUT2D eigenvalue weighted by molar-refractivity contribution is 0.405. The van der Waals surface area contributed by atoms with Crippen molar-refractivity contribution in [2.24, 2.45) is 17.8 Å². The smallest absolute Gasteiger partial charge is 0.0655 e. The number of rotatable bonds is 2. The summed E-state index contributed by atoms with van der Waals surface area (Å²) in [7, 11) is 0. The summed E-state index contributed by atoms with van der Waals surface area (Å²) in [5.41, 5.74) is 0. The molecular formula is C13H21N. The summed E-state index contributed by atoms with van der Waals surface area (Å²) in [6.45, 7) is 4.50. The van der Waals surface area contributed by atoms with Gasteiger partial charge in [0, 0.05) is 5.92 Å². The van der Waals surface area contributed by atoms with Gasteiger partial charge in [-0.05, 0) is 43.9 Å². The van der Waals surface area contributed by atoms with Gasteiger partial charge in [0.05, 0.1) is 6.07 Å². The van der Waals surface area contributed by atoms with Crippen molar-refractivity contribution in [1.29, 1.82) is 5.26 Å². The molecule has 1 nitrogen and oxygen atoms in total. The summed E-state index contributed by atoms with van der Waals surface area (Å²) in [6.07, 6.45) is 10.4. The van der Waals surface area contributed by atoms with Crippen LogP contribution in [0.3, 0.4) is 0 Å². The van der Waals surface area contributed by atoms with E-state index in [2.05, 4.69) is 32.1 Å². The molecule has 2 unspecified atom stereocenters. The van der Waals surface area contributed by atoms with Crippen LogP contribution >= 0.6 is 0 Å². The van der Waals surface area contributed by atoms with Gasteiger partial charge >= 0.3 is 0 Å². The third-order valence-electron chi connectivity index (χ3n) is 3.35. The average Bonchev–Trinajstić information content (AvgIpc) is 2.38. The molecule has 0 aromatic rings. The normalized spacial score (nSPS) is 33.9. The Labute approximate surface area is 87.8 Å². The van der Waals surface area contributed by atoms with Crippen LogP contribution in [0.2, 0.25) is 0 Å². The average molecular weight is 191 g/mol. The zero-order valence-corrected chi connectivity index (χ0v) is 9.37. The lowest BCUT2D eigenvalue weighted by Gasteiger charge is -2.16. The summed E-state index contributed by atoms with van der Waals surface area (Å²) in [4.78, 5) is 0. The van der Waals surface area contributed by atoms with Crippen molar-refractivity contribution in [1.82, 2.24) is 0 Å². The lowest BCUT2D eigenvalue weighted by atomic mass is 9.89. The molecule has 1 aliphatic carbocycles. The second-order valence-corrected chi connectivity index (χ2v) is 4.46. The minimum absolute atomic E-state index is 0.317. The van der Waals surface area contributed by atoms with Gasteiger partial charge in [0.2, 0.25) is 0 Å². The number of nitriles is 1. The fraction of sp³-hybridized carbons (Fsp3) is 0.769. The van der Waals surface area contributed by atoms with Crippen LogP contribution in [0, 0.1) is 29.1 Å². The Kier molecular flexibility index (Phi) is 4.73. The van der Waals surface area contributed by atoms with Crippen molar-refractivity contribution in [3.05, 3.63) is 12.2 Å². The van der Waals surface area contributed by atoms with E-state index in [0.29, 0.717) is 11.8 Å². The number of allylic oxidation sites excluding steroid dienone is 2. The Balaban J connectivity index is 2.52. The first-order chi connectivity index (χ1) is 6.77. The van der Waals surface area contributed by atoms with E-state index in [0.717, 1.165) is 25.2 Å². The van der Waals surface area contributed by atoms with Gasteiger partial charge in [0.15, 0.2) is 0 Å². The Morgan fingerprint density at radius 3 is 2.64 bits per heavy atom. The molecule has 0 saturated heterocycles. The molecule has 1 saturated carbocycles. The quantitative estimate of drug-likeness (QED) is 0.479. The molecule has 1 fully saturated rings. The molecular weight excluding hydrogens is 170 g/mol. The molecule has 0 spiro atoms. The maximum Gasteiger partial charge on any atom is 0.0655 e. The lowest BCUT2D eigenvalue weighted by Crippen LogP contribution is -2.06. The second kappa shape index (κ2) is 5.86. The van der Waals surface area contributed by atoms with Crippen LogP contribution in [0.15, 0.2) is 12.2 Å². The molecule has 3 atom stereocenters. The summed E-state index contributed by atoms with van der Waals surface area (Å²) in [5, 5.41) is 8.90. The van der Waals surface area contributed by atoms with Crippen LogP contribution < -0.4 is 0 Å². The predicted molar refractivity (Wildman–Crippen MR) is 59.7 cm³/mol. The van der Waals surface area contributed by atoms with Gasteiger partial charge in [0.1, 0.15) is 0 Å². The third-order valence-corrected chi connectivity index (χ3v) is 3.35. The highest BCUT2D eigenvalue weighted by atomic mass is 14.3. The molecule has 14 heavy (non-hydrogen) atoms. The van der Waals surface area contributed by atoms with Gasteiger partial charge < -0.3 is 0 Å². The fourth-order valence-electron chi connectivity index (χ4n) is 2.23. The van der Waals surface area contributed by atoms with Crippen molar-refractivity contribution >= 4 is 0 Å². The van der Waals surface area contributed by atoms with E-state index in [4.69, 9.17) is 5.26 Å². The van der Waals surface area contributed by atoms with Crippen molar-refractivity contribution < 1.29 is 0 Å². The van der Waals surface area contributed by atoms with E-state index in [9.17, 15) is 0 Å². The van der Waals surface area contributed by atoms with Gasteiger partial charge in [-0.1, -0.05) is 26.0 Å². The molecule has 0 aromatic heterocycles. The standard InChI is InChI=1S/C13H21N/c1-3-4-5-13-9-8-12(10-14)7-6-11(13)2/h4-5,11-13H,3,6-9H2,1-2H3/b5-4-/t11-,12?,13?/m1/s1. The van der Waals surface area contributed by atoms with Crippen molar-refractivity contribution in [2.45, 2.75) is 46.0 Å². The molecule has 0 aliphatic heterocycles. The molecule has 78 valence electrons. The first kappa shape index (κ1) is 11.3. The summed E-state index contributed by atoms with van der Waals surface area (Å²) < 4.78 is 0. The molecule has 0 N–H and O–H groups in total. The largest absolute Gasteiger partial charge is 0.198 e. The highest BCUT2D eigenvalue weighted by Crippen LogP contribution is 2.32. The Hall–Kier alpha value is -0.770. The monoisotopic (exact) mass is 191 g/mol. The van der Waals surface area contributed by atoms with Gasteiger partial charge in [-0.3, -0.25) is 0 Å². The molecule has 0 amide bonds.